The monoisotopic (exact) mass is 269 g/mol. The van der Waals surface area contributed by atoms with Crippen LogP contribution in [0.25, 0.3) is 0 Å². The minimum atomic E-state index is -0.527. The van der Waals surface area contributed by atoms with Gasteiger partial charge in [0.05, 0.1) is 12.8 Å². The Bertz CT molecular complexity index is 580. The zero-order valence-electron chi connectivity index (χ0n) is 9.32. The maximum atomic E-state index is 13.5. The molecule has 0 aliphatic rings. The van der Waals surface area contributed by atoms with E-state index >= 15 is 0 Å². The van der Waals surface area contributed by atoms with Crippen molar-refractivity contribution in [3.05, 3.63) is 29.0 Å². The number of nitrogens with one attached hydrogen (secondary N) is 1. The molecule has 1 heterocycles. The highest BCUT2D eigenvalue weighted by atomic mass is 35.5. The van der Waals surface area contributed by atoms with Crippen molar-refractivity contribution in [3.63, 3.8) is 0 Å². The van der Waals surface area contributed by atoms with E-state index in [-0.39, 0.29) is 23.6 Å². The summed E-state index contributed by atoms with van der Waals surface area (Å²) in [5, 5.41) is 2.96. The summed E-state index contributed by atoms with van der Waals surface area (Å²) in [4.78, 5) is 11.4. The molecule has 94 valence electrons. The van der Waals surface area contributed by atoms with Crippen LogP contribution in [-0.2, 0) is 0 Å². The quantitative estimate of drug-likeness (QED) is 0.886. The van der Waals surface area contributed by atoms with Gasteiger partial charge in [0.2, 0.25) is 11.9 Å². The van der Waals surface area contributed by atoms with Gasteiger partial charge in [0, 0.05) is 5.02 Å². The maximum absolute atomic E-state index is 13.5. The number of rotatable bonds is 3. The number of anilines is 3. The molecule has 2 aromatic rings. The van der Waals surface area contributed by atoms with Crippen LogP contribution in [0.3, 0.4) is 0 Å². The van der Waals surface area contributed by atoms with Crippen molar-refractivity contribution in [3.8, 4) is 6.01 Å². The molecular formula is C10H9ClFN5O. The largest absolute Gasteiger partial charge is 0.467 e. The molecule has 1 aromatic carbocycles. The first-order chi connectivity index (χ1) is 8.58. The molecule has 0 unspecified atom stereocenters. The van der Waals surface area contributed by atoms with Crippen molar-refractivity contribution < 1.29 is 9.13 Å². The number of hydrogen-bond donors (Lipinski definition) is 2. The second-order valence-corrected chi connectivity index (χ2v) is 3.69. The zero-order chi connectivity index (χ0) is 13.1. The smallest absolute Gasteiger partial charge is 0.322 e. The summed E-state index contributed by atoms with van der Waals surface area (Å²) >= 11 is 5.64. The third-order valence-corrected chi connectivity index (χ3v) is 2.23. The highest BCUT2D eigenvalue weighted by Gasteiger charge is 2.08. The highest BCUT2D eigenvalue weighted by Crippen LogP contribution is 2.22. The Morgan fingerprint density at radius 2 is 2.11 bits per heavy atom. The first kappa shape index (κ1) is 12.3. The first-order valence-electron chi connectivity index (χ1n) is 4.86. The van der Waals surface area contributed by atoms with E-state index in [9.17, 15) is 4.39 Å². The van der Waals surface area contributed by atoms with Crippen molar-refractivity contribution in [2.45, 2.75) is 0 Å². The van der Waals surface area contributed by atoms with Gasteiger partial charge in [-0.2, -0.15) is 15.0 Å². The Balaban J connectivity index is 2.30. The van der Waals surface area contributed by atoms with Crippen molar-refractivity contribution >= 4 is 29.2 Å². The number of nitrogens with zero attached hydrogens (tertiary/aromatic N) is 3. The number of aromatic nitrogens is 3. The molecule has 0 atom stereocenters. The molecule has 1 aromatic heterocycles. The normalized spacial score (nSPS) is 10.2. The number of nitrogens with two attached hydrogens (primary N) is 1. The van der Waals surface area contributed by atoms with Gasteiger partial charge in [-0.25, -0.2) is 4.39 Å². The minimum Gasteiger partial charge on any atom is -0.467 e. The van der Waals surface area contributed by atoms with Crippen LogP contribution in [-0.4, -0.2) is 22.1 Å². The number of halogens is 2. The molecule has 3 N–H and O–H groups in total. The summed E-state index contributed by atoms with van der Waals surface area (Å²) in [6.45, 7) is 0. The molecule has 0 amide bonds. The fourth-order valence-electron chi connectivity index (χ4n) is 1.23. The lowest BCUT2D eigenvalue weighted by Crippen LogP contribution is -2.05. The van der Waals surface area contributed by atoms with E-state index in [0.717, 1.165) is 0 Å². The second kappa shape index (κ2) is 5.01. The molecule has 8 heteroatoms. The molecule has 18 heavy (non-hydrogen) atoms. The molecule has 0 aliphatic heterocycles. The van der Waals surface area contributed by atoms with Crippen LogP contribution in [0.5, 0.6) is 6.01 Å². The molecular weight excluding hydrogens is 261 g/mol. The van der Waals surface area contributed by atoms with Crippen molar-refractivity contribution in [1.29, 1.82) is 0 Å². The van der Waals surface area contributed by atoms with Crippen LogP contribution in [0, 0.1) is 5.82 Å². The van der Waals surface area contributed by atoms with Crippen molar-refractivity contribution in [2.75, 3.05) is 18.2 Å². The van der Waals surface area contributed by atoms with Gasteiger partial charge in [-0.05, 0) is 18.2 Å². The summed E-state index contributed by atoms with van der Waals surface area (Å²) in [6.07, 6.45) is 0. The summed E-state index contributed by atoms with van der Waals surface area (Å²) in [7, 11) is 1.39. The first-order valence-corrected chi connectivity index (χ1v) is 5.24. The fraction of sp³-hybridized carbons (Fsp3) is 0.100. The van der Waals surface area contributed by atoms with Gasteiger partial charge in [-0.1, -0.05) is 11.6 Å². The Hall–Kier alpha value is -2.15. The van der Waals surface area contributed by atoms with Crippen molar-refractivity contribution in [1.82, 2.24) is 15.0 Å². The summed E-state index contributed by atoms with van der Waals surface area (Å²) < 4.78 is 18.4. The van der Waals surface area contributed by atoms with Crippen LogP contribution >= 0.6 is 11.6 Å². The molecule has 6 nitrogen and oxygen atoms in total. The molecule has 0 fully saturated rings. The number of nitrogen functional groups attached to an aromatic ring is 1. The van der Waals surface area contributed by atoms with E-state index in [1.807, 2.05) is 0 Å². The van der Waals surface area contributed by atoms with Crippen LogP contribution < -0.4 is 15.8 Å². The van der Waals surface area contributed by atoms with Gasteiger partial charge in [-0.3, -0.25) is 0 Å². The molecule has 0 saturated carbocycles. The van der Waals surface area contributed by atoms with Crippen LogP contribution in [0.15, 0.2) is 18.2 Å². The Kier molecular flexibility index (Phi) is 3.42. The third-order valence-electron chi connectivity index (χ3n) is 1.99. The van der Waals surface area contributed by atoms with E-state index in [0.29, 0.717) is 5.02 Å². The summed E-state index contributed by atoms with van der Waals surface area (Å²) in [6, 6.07) is 4.21. The average molecular weight is 270 g/mol. The number of ether oxygens (including phenoxy) is 1. The van der Waals surface area contributed by atoms with Gasteiger partial charge in [-0.15, -0.1) is 0 Å². The zero-order valence-corrected chi connectivity index (χ0v) is 10.1. The lowest BCUT2D eigenvalue weighted by Gasteiger charge is -2.07. The van der Waals surface area contributed by atoms with Crippen molar-refractivity contribution in [2.24, 2.45) is 0 Å². The number of methoxy groups -OCH3 is 1. The van der Waals surface area contributed by atoms with Crippen LogP contribution in [0.1, 0.15) is 0 Å². The predicted molar refractivity (Wildman–Crippen MR) is 65.5 cm³/mol. The van der Waals surface area contributed by atoms with Gasteiger partial charge in [0.1, 0.15) is 5.82 Å². The predicted octanol–water partition coefficient (Wildman–Crippen LogP) is 2.00. The maximum Gasteiger partial charge on any atom is 0.322 e. The van der Waals surface area contributed by atoms with E-state index < -0.39 is 5.82 Å². The average Bonchev–Trinajstić information content (AvgIpc) is 2.32. The lowest BCUT2D eigenvalue weighted by molar-refractivity contribution is 0.380. The minimum absolute atomic E-state index is 0.0290. The molecule has 0 aliphatic carbocycles. The lowest BCUT2D eigenvalue weighted by atomic mass is 10.3. The molecule has 2 rings (SSSR count). The van der Waals surface area contributed by atoms with E-state index in [4.69, 9.17) is 22.1 Å². The SMILES string of the molecule is COc1nc(N)nc(Nc2ccc(Cl)cc2F)n1. The Labute approximate surface area is 107 Å². The van der Waals surface area contributed by atoms with Gasteiger partial charge in [0.15, 0.2) is 0 Å². The van der Waals surface area contributed by atoms with Crippen LogP contribution in [0.2, 0.25) is 5.02 Å². The third kappa shape index (κ3) is 2.75. The molecule has 0 radical (unpaired) electrons. The van der Waals surface area contributed by atoms with E-state index in [1.165, 1.54) is 25.3 Å². The summed E-state index contributed by atoms with van der Waals surface area (Å²) in [5.74, 6) is -0.472. The highest BCUT2D eigenvalue weighted by molar-refractivity contribution is 6.30. The summed E-state index contributed by atoms with van der Waals surface area (Å²) in [5.41, 5.74) is 5.63. The fourth-order valence-corrected chi connectivity index (χ4v) is 1.39. The molecule has 0 saturated heterocycles. The van der Waals surface area contributed by atoms with Gasteiger partial charge in [0.25, 0.3) is 0 Å². The standard InChI is InChI=1S/C10H9ClFN5O/c1-18-10-16-8(13)15-9(17-10)14-7-3-2-5(11)4-6(7)12/h2-4H,1H3,(H3,13,14,15,16,17). The number of benzene rings is 1. The number of hydrogen-bond acceptors (Lipinski definition) is 6. The second-order valence-electron chi connectivity index (χ2n) is 3.25. The van der Waals surface area contributed by atoms with E-state index in [2.05, 4.69) is 20.3 Å². The van der Waals surface area contributed by atoms with Crippen LogP contribution in [0.4, 0.5) is 22.0 Å². The Morgan fingerprint density at radius 3 is 2.78 bits per heavy atom. The Morgan fingerprint density at radius 1 is 1.33 bits per heavy atom. The van der Waals surface area contributed by atoms with Gasteiger partial charge < -0.3 is 15.8 Å². The van der Waals surface area contributed by atoms with E-state index in [1.54, 1.807) is 0 Å². The molecule has 0 spiro atoms. The van der Waals surface area contributed by atoms with Gasteiger partial charge >= 0.3 is 6.01 Å². The molecule has 0 bridgehead atoms. The topological polar surface area (TPSA) is 86.0 Å².